The average molecular weight is 325 g/mol. The average Bonchev–Trinajstić information content (AvgIpc) is 2.55. The third kappa shape index (κ3) is 4.13. The van der Waals surface area contributed by atoms with Crippen molar-refractivity contribution in [3.8, 4) is 0 Å². The summed E-state index contributed by atoms with van der Waals surface area (Å²) in [5.41, 5.74) is 3.73. The number of para-hydroxylation sites is 1. The van der Waals surface area contributed by atoms with E-state index >= 15 is 0 Å². The third-order valence-electron chi connectivity index (χ3n) is 4.05. The van der Waals surface area contributed by atoms with Crippen LogP contribution in [0, 0.1) is 0 Å². The molecule has 1 aromatic carbocycles. The third-order valence-corrected chi connectivity index (χ3v) is 4.05. The monoisotopic (exact) mass is 325 g/mol. The summed E-state index contributed by atoms with van der Waals surface area (Å²) in [4.78, 5) is 18.5. The summed E-state index contributed by atoms with van der Waals surface area (Å²) in [6.07, 6.45) is 3.37. The summed E-state index contributed by atoms with van der Waals surface area (Å²) in [6.45, 7) is 11.9. The highest BCUT2D eigenvalue weighted by molar-refractivity contribution is 5.94. The number of benzene rings is 1. The lowest BCUT2D eigenvalue weighted by atomic mass is 9.86. The van der Waals surface area contributed by atoms with Gasteiger partial charge in [-0.25, -0.2) is 0 Å². The largest absolute Gasteiger partial charge is 0.354 e. The van der Waals surface area contributed by atoms with Crippen LogP contribution < -0.4 is 5.32 Å². The second-order valence-electron chi connectivity index (χ2n) is 6.86. The Labute approximate surface area is 144 Å². The van der Waals surface area contributed by atoms with E-state index in [0.717, 1.165) is 11.4 Å². The quantitative estimate of drug-likeness (QED) is 0.873. The SMILES string of the molecule is CCN(CC)C(=O)c1cncc(Nc2ccccc2C(C)(C)C)c1. The van der Waals surface area contributed by atoms with Gasteiger partial charge < -0.3 is 10.2 Å². The van der Waals surface area contributed by atoms with Crippen LogP contribution in [0.25, 0.3) is 0 Å². The summed E-state index contributed by atoms with van der Waals surface area (Å²) in [6, 6.07) is 10.1. The van der Waals surface area contributed by atoms with Crippen molar-refractivity contribution in [3.05, 3.63) is 53.9 Å². The van der Waals surface area contributed by atoms with Gasteiger partial charge in [0.25, 0.3) is 5.91 Å². The van der Waals surface area contributed by atoms with Crippen LogP contribution in [0.4, 0.5) is 11.4 Å². The molecule has 1 N–H and O–H groups in total. The standard InChI is InChI=1S/C20H27N3O/c1-6-23(7-2)19(24)15-12-16(14-21-13-15)22-18-11-9-8-10-17(18)20(3,4)5/h8-14,22H,6-7H2,1-5H3. The van der Waals surface area contributed by atoms with Gasteiger partial charge in [-0.2, -0.15) is 0 Å². The number of nitrogens with one attached hydrogen (secondary N) is 1. The van der Waals surface area contributed by atoms with Gasteiger partial charge in [-0.1, -0.05) is 39.0 Å². The van der Waals surface area contributed by atoms with Gasteiger partial charge in [0.15, 0.2) is 0 Å². The van der Waals surface area contributed by atoms with Crippen LogP contribution in [-0.2, 0) is 5.41 Å². The van der Waals surface area contributed by atoms with Crippen molar-refractivity contribution in [2.45, 2.75) is 40.0 Å². The highest BCUT2D eigenvalue weighted by Gasteiger charge is 2.18. The van der Waals surface area contributed by atoms with Crippen LogP contribution in [0.3, 0.4) is 0 Å². The van der Waals surface area contributed by atoms with Crippen LogP contribution in [-0.4, -0.2) is 28.9 Å². The summed E-state index contributed by atoms with van der Waals surface area (Å²) in [5, 5.41) is 3.42. The normalized spacial score (nSPS) is 11.2. The zero-order valence-corrected chi connectivity index (χ0v) is 15.3. The zero-order chi connectivity index (χ0) is 17.7. The number of carbonyl (C=O) groups is 1. The van der Waals surface area contributed by atoms with Gasteiger partial charge in [0.1, 0.15) is 0 Å². The Balaban J connectivity index is 2.30. The lowest BCUT2D eigenvalue weighted by Crippen LogP contribution is -2.30. The summed E-state index contributed by atoms with van der Waals surface area (Å²) < 4.78 is 0. The van der Waals surface area contributed by atoms with E-state index in [4.69, 9.17) is 0 Å². The molecule has 0 radical (unpaired) electrons. The molecule has 0 fully saturated rings. The number of aromatic nitrogens is 1. The molecular weight excluding hydrogens is 298 g/mol. The predicted octanol–water partition coefficient (Wildman–Crippen LogP) is 4.60. The van der Waals surface area contributed by atoms with Gasteiger partial charge in [-0.05, 0) is 37.0 Å². The molecule has 2 aromatic rings. The van der Waals surface area contributed by atoms with Crippen LogP contribution >= 0.6 is 0 Å². The topological polar surface area (TPSA) is 45.2 Å². The molecule has 2 rings (SSSR count). The van der Waals surface area contributed by atoms with Gasteiger partial charge in [0.05, 0.1) is 17.4 Å². The van der Waals surface area contributed by atoms with Crippen molar-refractivity contribution in [2.24, 2.45) is 0 Å². The van der Waals surface area contributed by atoms with Crippen LogP contribution in [0.2, 0.25) is 0 Å². The molecule has 0 bridgehead atoms. The number of pyridine rings is 1. The number of hydrogen-bond donors (Lipinski definition) is 1. The molecule has 128 valence electrons. The molecule has 1 aromatic heterocycles. The van der Waals surface area contributed by atoms with E-state index in [0.29, 0.717) is 18.7 Å². The molecule has 0 aliphatic rings. The molecule has 0 aliphatic heterocycles. The number of nitrogens with zero attached hydrogens (tertiary/aromatic N) is 2. The molecule has 0 spiro atoms. The van der Waals surface area contributed by atoms with Crippen molar-refractivity contribution >= 4 is 17.3 Å². The van der Waals surface area contributed by atoms with E-state index in [1.54, 1.807) is 17.3 Å². The molecule has 0 saturated heterocycles. The summed E-state index contributed by atoms with van der Waals surface area (Å²) in [7, 11) is 0. The number of anilines is 2. The minimum atomic E-state index is 0.0141. The Morgan fingerprint density at radius 3 is 2.42 bits per heavy atom. The minimum Gasteiger partial charge on any atom is -0.354 e. The van der Waals surface area contributed by atoms with Crippen molar-refractivity contribution in [1.82, 2.24) is 9.88 Å². The molecule has 24 heavy (non-hydrogen) atoms. The lowest BCUT2D eigenvalue weighted by Gasteiger charge is -2.23. The first kappa shape index (κ1) is 18.0. The molecule has 4 heteroatoms. The summed E-state index contributed by atoms with van der Waals surface area (Å²) in [5.74, 6) is 0.0141. The number of hydrogen-bond acceptors (Lipinski definition) is 3. The van der Waals surface area contributed by atoms with Crippen molar-refractivity contribution in [3.63, 3.8) is 0 Å². The van der Waals surface area contributed by atoms with E-state index in [-0.39, 0.29) is 11.3 Å². The molecule has 1 amide bonds. The van der Waals surface area contributed by atoms with Gasteiger partial charge in [-0.15, -0.1) is 0 Å². The first-order valence-corrected chi connectivity index (χ1v) is 8.47. The lowest BCUT2D eigenvalue weighted by molar-refractivity contribution is 0.0772. The van der Waals surface area contributed by atoms with Gasteiger partial charge in [-0.3, -0.25) is 9.78 Å². The Morgan fingerprint density at radius 1 is 1.12 bits per heavy atom. The van der Waals surface area contributed by atoms with Gasteiger partial charge >= 0.3 is 0 Å². The van der Waals surface area contributed by atoms with E-state index in [9.17, 15) is 4.79 Å². The maximum Gasteiger partial charge on any atom is 0.255 e. The van der Waals surface area contributed by atoms with E-state index in [1.165, 1.54) is 5.56 Å². The maximum absolute atomic E-state index is 12.5. The second kappa shape index (κ2) is 7.47. The fourth-order valence-corrected chi connectivity index (χ4v) is 2.72. The molecular formula is C20H27N3O. The van der Waals surface area contributed by atoms with Crippen molar-refractivity contribution in [2.75, 3.05) is 18.4 Å². The van der Waals surface area contributed by atoms with Gasteiger partial charge in [0, 0.05) is 25.0 Å². The van der Waals surface area contributed by atoms with Crippen LogP contribution in [0.5, 0.6) is 0 Å². The predicted molar refractivity (Wildman–Crippen MR) is 99.9 cm³/mol. The van der Waals surface area contributed by atoms with Crippen molar-refractivity contribution < 1.29 is 4.79 Å². The Bertz CT molecular complexity index is 700. The Morgan fingerprint density at radius 2 is 1.79 bits per heavy atom. The number of amides is 1. The fourth-order valence-electron chi connectivity index (χ4n) is 2.72. The van der Waals surface area contributed by atoms with Crippen LogP contribution in [0.1, 0.15) is 50.5 Å². The van der Waals surface area contributed by atoms with Crippen molar-refractivity contribution in [1.29, 1.82) is 0 Å². The Hall–Kier alpha value is -2.36. The second-order valence-corrected chi connectivity index (χ2v) is 6.86. The highest BCUT2D eigenvalue weighted by Crippen LogP contribution is 2.31. The smallest absolute Gasteiger partial charge is 0.255 e. The fraction of sp³-hybridized carbons (Fsp3) is 0.400. The summed E-state index contributed by atoms with van der Waals surface area (Å²) >= 11 is 0. The van der Waals surface area contributed by atoms with Gasteiger partial charge in [0.2, 0.25) is 0 Å². The zero-order valence-electron chi connectivity index (χ0n) is 15.3. The Kier molecular flexibility index (Phi) is 5.60. The maximum atomic E-state index is 12.5. The van der Waals surface area contributed by atoms with E-state index < -0.39 is 0 Å². The number of rotatable bonds is 5. The highest BCUT2D eigenvalue weighted by atomic mass is 16.2. The minimum absolute atomic E-state index is 0.0141. The van der Waals surface area contributed by atoms with E-state index in [2.05, 4.69) is 43.2 Å². The number of carbonyl (C=O) groups excluding carboxylic acids is 1. The molecule has 0 atom stereocenters. The van der Waals surface area contributed by atoms with Crippen LogP contribution in [0.15, 0.2) is 42.7 Å². The molecule has 4 nitrogen and oxygen atoms in total. The first-order chi connectivity index (χ1) is 11.4. The molecule has 0 aliphatic carbocycles. The molecule has 0 unspecified atom stereocenters. The first-order valence-electron chi connectivity index (χ1n) is 8.47. The molecule has 0 saturated carbocycles. The molecule has 1 heterocycles. The van der Waals surface area contributed by atoms with E-state index in [1.807, 2.05) is 32.0 Å².